The molecule has 3 rings (SSSR count). The maximum atomic E-state index is 13.0. The summed E-state index contributed by atoms with van der Waals surface area (Å²) >= 11 is 1.04. The number of nitrogens with zero attached hydrogens (tertiary/aromatic N) is 4. The summed E-state index contributed by atoms with van der Waals surface area (Å²) in [4.78, 5) is 41.9. The van der Waals surface area contributed by atoms with E-state index in [-0.39, 0.29) is 41.3 Å². The van der Waals surface area contributed by atoms with Crippen molar-refractivity contribution in [2.75, 3.05) is 37.4 Å². The standard InChI is InChI=1S/C30H32N6O3S/c1-6-14-32-28(38)25(17-31)30-36(7-2)29(39)26(40-30)18-33-23-12-9-13-24(16-23)35(5)27(37)20-34(4)19-22-11-8-10-21(3)15-22/h1,8-13,15-16,18,33H,7,14,19-20H2,2-5H3,(H,32,38). The Labute approximate surface area is 237 Å². The first-order chi connectivity index (χ1) is 19.2. The van der Waals surface area contributed by atoms with E-state index < -0.39 is 5.91 Å². The van der Waals surface area contributed by atoms with Crippen LogP contribution in [-0.4, -0.2) is 48.5 Å². The minimum absolute atomic E-state index is 0.0252. The molecule has 10 heteroatoms. The molecular weight excluding hydrogens is 524 g/mol. The number of hydrogen-bond donors (Lipinski definition) is 2. The van der Waals surface area contributed by atoms with E-state index in [1.165, 1.54) is 16.3 Å². The van der Waals surface area contributed by atoms with Crippen molar-refractivity contribution in [1.29, 1.82) is 5.26 Å². The second kappa shape index (κ2) is 13.9. The van der Waals surface area contributed by atoms with Crippen LogP contribution < -0.4 is 30.3 Å². The Bertz CT molecular complexity index is 1660. The largest absolute Gasteiger partial charge is 0.360 e. The summed E-state index contributed by atoms with van der Waals surface area (Å²) < 4.78 is 1.95. The molecule has 0 fully saturated rings. The number of hydrogen-bond acceptors (Lipinski definition) is 7. The normalized spacial score (nSPS) is 11.9. The smallest absolute Gasteiger partial charge is 0.270 e. The first-order valence-corrected chi connectivity index (χ1v) is 13.4. The molecule has 2 amide bonds. The van der Waals surface area contributed by atoms with E-state index in [1.54, 1.807) is 18.9 Å². The molecule has 0 saturated heterocycles. The van der Waals surface area contributed by atoms with Gasteiger partial charge in [-0.3, -0.25) is 23.9 Å². The molecule has 0 aliphatic carbocycles. The molecule has 0 bridgehead atoms. The van der Waals surface area contributed by atoms with Crippen molar-refractivity contribution in [1.82, 2.24) is 14.8 Å². The Morgan fingerprint density at radius 2 is 1.93 bits per heavy atom. The van der Waals surface area contributed by atoms with Crippen LogP contribution in [0.25, 0.3) is 11.8 Å². The van der Waals surface area contributed by atoms with Gasteiger partial charge in [-0.1, -0.05) is 41.8 Å². The molecule has 9 nitrogen and oxygen atoms in total. The number of nitrogens with one attached hydrogen (secondary N) is 2. The highest BCUT2D eigenvalue weighted by Crippen LogP contribution is 2.19. The molecule has 1 heterocycles. The highest BCUT2D eigenvalue weighted by atomic mass is 32.1. The molecule has 40 heavy (non-hydrogen) atoms. The second-order valence-electron chi connectivity index (χ2n) is 9.15. The Balaban J connectivity index is 1.79. The van der Waals surface area contributed by atoms with Gasteiger partial charge in [0.25, 0.3) is 11.5 Å². The van der Waals surface area contributed by atoms with Crippen LogP contribution in [0.2, 0.25) is 0 Å². The van der Waals surface area contributed by atoms with E-state index in [9.17, 15) is 19.6 Å². The predicted molar refractivity (Wildman–Crippen MR) is 160 cm³/mol. The Morgan fingerprint density at radius 3 is 2.60 bits per heavy atom. The van der Waals surface area contributed by atoms with Crippen LogP contribution in [0.5, 0.6) is 0 Å². The molecule has 0 saturated carbocycles. The molecule has 0 aliphatic rings. The fourth-order valence-electron chi connectivity index (χ4n) is 4.02. The molecule has 0 aliphatic heterocycles. The molecule has 0 spiro atoms. The number of aromatic nitrogens is 1. The zero-order valence-corrected chi connectivity index (χ0v) is 23.8. The van der Waals surface area contributed by atoms with Gasteiger partial charge in [-0.2, -0.15) is 5.26 Å². The summed E-state index contributed by atoms with van der Waals surface area (Å²) in [6.07, 6.45) is 6.72. The van der Waals surface area contributed by atoms with E-state index >= 15 is 0 Å². The van der Waals surface area contributed by atoms with Crippen LogP contribution in [0.1, 0.15) is 18.1 Å². The average molecular weight is 557 g/mol. The molecular formula is C30H32N6O3S. The zero-order chi connectivity index (χ0) is 29.2. The van der Waals surface area contributed by atoms with Gasteiger partial charge in [0, 0.05) is 37.7 Å². The summed E-state index contributed by atoms with van der Waals surface area (Å²) in [6.45, 7) is 4.97. The second-order valence-corrected chi connectivity index (χ2v) is 10.2. The number of aryl methyl sites for hydroxylation is 1. The zero-order valence-electron chi connectivity index (χ0n) is 23.0. The lowest BCUT2D eigenvalue weighted by Crippen LogP contribution is -2.36. The lowest BCUT2D eigenvalue weighted by molar-refractivity contribution is -0.119. The topological polar surface area (TPSA) is 110 Å². The molecule has 3 aromatic rings. The highest BCUT2D eigenvalue weighted by molar-refractivity contribution is 7.07. The fourth-order valence-corrected chi connectivity index (χ4v) is 5.11. The van der Waals surface area contributed by atoms with Gasteiger partial charge in [0.15, 0.2) is 5.57 Å². The van der Waals surface area contributed by atoms with Crippen LogP contribution in [0, 0.1) is 30.6 Å². The number of carbonyl (C=O) groups is 2. The van der Waals surface area contributed by atoms with Gasteiger partial charge in [0.2, 0.25) is 5.91 Å². The van der Waals surface area contributed by atoms with E-state index in [0.717, 1.165) is 16.9 Å². The van der Waals surface area contributed by atoms with Gasteiger partial charge in [-0.15, -0.1) is 17.8 Å². The number of amides is 2. The molecule has 1 aromatic heterocycles. The number of carbonyl (C=O) groups excluding carboxylic acids is 2. The first kappa shape index (κ1) is 29.9. The van der Waals surface area contributed by atoms with Crippen LogP contribution in [-0.2, 0) is 22.7 Å². The summed E-state index contributed by atoms with van der Waals surface area (Å²) in [5, 5.41) is 15.1. The SMILES string of the molecule is C#CCNC(=O)C(C#N)=c1sc(=CNc2cccc(N(C)C(=O)CN(C)Cc3cccc(C)c3)c2)c(=O)n1CC. The van der Waals surface area contributed by atoms with Gasteiger partial charge in [-0.05, 0) is 44.7 Å². The van der Waals surface area contributed by atoms with E-state index in [4.69, 9.17) is 6.42 Å². The van der Waals surface area contributed by atoms with Crippen LogP contribution >= 0.6 is 11.3 Å². The van der Waals surface area contributed by atoms with Crippen LogP contribution in [0.4, 0.5) is 11.4 Å². The minimum Gasteiger partial charge on any atom is -0.360 e. The average Bonchev–Trinajstić information content (AvgIpc) is 3.25. The number of benzene rings is 2. The number of anilines is 2. The van der Waals surface area contributed by atoms with E-state index in [0.29, 0.717) is 22.5 Å². The van der Waals surface area contributed by atoms with Gasteiger partial charge in [0.05, 0.1) is 13.1 Å². The maximum absolute atomic E-state index is 13.0. The third-order valence-corrected chi connectivity index (χ3v) is 7.18. The van der Waals surface area contributed by atoms with Crippen molar-refractivity contribution in [3.05, 3.63) is 79.2 Å². The number of nitriles is 1. The third kappa shape index (κ3) is 7.48. The van der Waals surface area contributed by atoms with Crippen molar-refractivity contribution in [2.45, 2.75) is 26.9 Å². The molecule has 0 atom stereocenters. The van der Waals surface area contributed by atoms with Gasteiger partial charge in [-0.25, -0.2) is 0 Å². The van der Waals surface area contributed by atoms with Gasteiger partial charge in [0.1, 0.15) is 15.3 Å². The van der Waals surface area contributed by atoms with Crippen molar-refractivity contribution >= 4 is 46.3 Å². The molecule has 2 aromatic carbocycles. The number of thiazole rings is 1. The third-order valence-electron chi connectivity index (χ3n) is 6.05. The Morgan fingerprint density at radius 1 is 1.18 bits per heavy atom. The van der Waals surface area contributed by atoms with Crippen molar-refractivity contribution in [3.8, 4) is 18.4 Å². The lowest BCUT2D eigenvalue weighted by Gasteiger charge is -2.22. The van der Waals surface area contributed by atoms with Crippen molar-refractivity contribution in [3.63, 3.8) is 0 Å². The summed E-state index contributed by atoms with van der Waals surface area (Å²) in [5.74, 6) is 1.60. The van der Waals surface area contributed by atoms with E-state index in [2.05, 4.69) is 22.6 Å². The number of rotatable bonds is 10. The molecule has 0 radical (unpaired) electrons. The molecule has 2 N–H and O–H groups in total. The number of likely N-dealkylation sites (N-methyl/N-ethyl adjacent to an activating group) is 2. The predicted octanol–water partition coefficient (Wildman–Crippen LogP) is 1.61. The van der Waals surface area contributed by atoms with Gasteiger partial charge >= 0.3 is 0 Å². The summed E-state index contributed by atoms with van der Waals surface area (Å²) in [5.41, 5.74) is 3.18. The lowest BCUT2D eigenvalue weighted by atomic mass is 10.1. The summed E-state index contributed by atoms with van der Waals surface area (Å²) in [7, 11) is 3.63. The fraction of sp³-hybridized carbons (Fsp3) is 0.267. The Kier molecular flexibility index (Phi) is 10.4. The van der Waals surface area contributed by atoms with Gasteiger partial charge < -0.3 is 15.5 Å². The van der Waals surface area contributed by atoms with E-state index in [1.807, 2.05) is 67.4 Å². The summed E-state index contributed by atoms with van der Waals surface area (Å²) in [6, 6.07) is 17.4. The quantitative estimate of drug-likeness (QED) is 0.367. The first-order valence-electron chi connectivity index (χ1n) is 12.6. The van der Waals surface area contributed by atoms with Crippen LogP contribution in [0.15, 0.2) is 53.3 Å². The van der Waals surface area contributed by atoms with Crippen molar-refractivity contribution < 1.29 is 9.59 Å². The number of terminal acetylenes is 1. The van der Waals surface area contributed by atoms with Crippen LogP contribution in [0.3, 0.4) is 0 Å². The minimum atomic E-state index is -0.631. The Hall–Kier alpha value is -4.64. The monoisotopic (exact) mass is 556 g/mol. The molecule has 0 unspecified atom stereocenters. The molecule has 206 valence electrons. The highest BCUT2D eigenvalue weighted by Gasteiger charge is 2.16. The maximum Gasteiger partial charge on any atom is 0.270 e. The van der Waals surface area contributed by atoms with Crippen molar-refractivity contribution in [2.24, 2.45) is 0 Å².